The minimum atomic E-state index is 0.365. The van der Waals surface area contributed by atoms with E-state index in [-0.39, 0.29) is 0 Å². The van der Waals surface area contributed by atoms with Gasteiger partial charge in [0.2, 0.25) is 5.89 Å². The van der Waals surface area contributed by atoms with E-state index in [1.807, 2.05) is 13.0 Å². The molecule has 2 rings (SSSR count). The Kier molecular flexibility index (Phi) is 3.01. The number of nitrogens with zero attached hydrogens (tertiary/aromatic N) is 1. The Balaban J connectivity index is 2.58. The molecule has 0 aliphatic rings. The van der Waals surface area contributed by atoms with Crippen LogP contribution >= 0.6 is 11.6 Å². The van der Waals surface area contributed by atoms with Gasteiger partial charge in [-0.05, 0) is 31.9 Å². The molecule has 1 heterocycles. The fourth-order valence-electron chi connectivity index (χ4n) is 1.81. The highest BCUT2D eigenvalue weighted by Crippen LogP contribution is 2.28. The fourth-order valence-corrected chi connectivity index (χ4v) is 2.06. The zero-order valence-electron chi connectivity index (χ0n) is 9.67. The summed E-state index contributed by atoms with van der Waals surface area (Å²) in [6.07, 6.45) is 0. The van der Waals surface area contributed by atoms with Crippen LogP contribution in [0.15, 0.2) is 22.6 Å². The Bertz CT molecular complexity index is 496. The van der Waals surface area contributed by atoms with Crippen molar-refractivity contribution in [1.29, 1.82) is 0 Å². The molecule has 0 amide bonds. The van der Waals surface area contributed by atoms with Crippen LogP contribution in [-0.4, -0.2) is 4.98 Å². The molecule has 0 bridgehead atoms. The molecule has 0 spiro atoms. The van der Waals surface area contributed by atoms with E-state index in [9.17, 15) is 0 Å². The first kappa shape index (κ1) is 11.2. The largest absolute Gasteiger partial charge is 0.440 e. The van der Waals surface area contributed by atoms with Crippen LogP contribution in [0, 0.1) is 20.8 Å². The fraction of sp³-hybridized carbons (Fsp3) is 0.308. The van der Waals surface area contributed by atoms with Crippen molar-refractivity contribution in [3.8, 4) is 11.5 Å². The van der Waals surface area contributed by atoms with Gasteiger partial charge in [0.05, 0.1) is 11.6 Å². The highest BCUT2D eigenvalue weighted by Gasteiger charge is 2.14. The molecule has 0 atom stereocenters. The zero-order valence-corrected chi connectivity index (χ0v) is 10.4. The SMILES string of the molecule is Cc1cccc(C)c1-c1nc(C)c(CCl)o1. The lowest BCUT2D eigenvalue weighted by Gasteiger charge is -2.04. The molecule has 2 nitrogen and oxygen atoms in total. The third-order valence-corrected chi connectivity index (χ3v) is 2.95. The van der Waals surface area contributed by atoms with Crippen molar-refractivity contribution in [3.05, 3.63) is 40.8 Å². The van der Waals surface area contributed by atoms with Crippen LogP contribution in [0.1, 0.15) is 22.6 Å². The molecule has 3 heteroatoms. The molecule has 0 unspecified atom stereocenters. The highest BCUT2D eigenvalue weighted by molar-refractivity contribution is 6.16. The summed E-state index contributed by atoms with van der Waals surface area (Å²) in [5.74, 6) is 1.78. The van der Waals surface area contributed by atoms with Crippen LogP contribution in [0.2, 0.25) is 0 Å². The maximum absolute atomic E-state index is 5.78. The monoisotopic (exact) mass is 235 g/mol. The average molecular weight is 236 g/mol. The zero-order chi connectivity index (χ0) is 11.7. The van der Waals surface area contributed by atoms with Gasteiger partial charge in [0.1, 0.15) is 5.76 Å². The van der Waals surface area contributed by atoms with Gasteiger partial charge in [-0.15, -0.1) is 11.6 Å². The Morgan fingerprint density at radius 2 is 1.81 bits per heavy atom. The highest BCUT2D eigenvalue weighted by atomic mass is 35.5. The smallest absolute Gasteiger partial charge is 0.227 e. The van der Waals surface area contributed by atoms with Gasteiger partial charge in [-0.2, -0.15) is 0 Å². The van der Waals surface area contributed by atoms with Gasteiger partial charge in [-0.25, -0.2) is 4.98 Å². The summed E-state index contributed by atoms with van der Waals surface area (Å²) in [4.78, 5) is 4.42. The van der Waals surface area contributed by atoms with E-state index >= 15 is 0 Å². The lowest BCUT2D eigenvalue weighted by atomic mass is 10.0. The van der Waals surface area contributed by atoms with Crippen molar-refractivity contribution in [3.63, 3.8) is 0 Å². The van der Waals surface area contributed by atoms with E-state index in [4.69, 9.17) is 16.0 Å². The lowest BCUT2D eigenvalue weighted by Crippen LogP contribution is -1.87. The van der Waals surface area contributed by atoms with Crippen LogP contribution < -0.4 is 0 Å². The first-order valence-corrected chi connectivity index (χ1v) is 5.75. The molecule has 0 aliphatic carbocycles. The second-order valence-corrected chi connectivity index (χ2v) is 4.20. The predicted molar refractivity (Wildman–Crippen MR) is 65.7 cm³/mol. The van der Waals surface area contributed by atoms with Gasteiger partial charge in [-0.1, -0.05) is 18.2 Å². The first-order valence-electron chi connectivity index (χ1n) is 5.22. The molecule has 0 saturated heterocycles. The van der Waals surface area contributed by atoms with Gasteiger partial charge < -0.3 is 4.42 Å². The van der Waals surface area contributed by atoms with Gasteiger partial charge in [0.25, 0.3) is 0 Å². The number of halogens is 1. The number of aryl methyl sites for hydroxylation is 3. The molecule has 1 aromatic carbocycles. The number of alkyl halides is 1. The molecule has 0 radical (unpaired) electrons. The van der Waals surface area contributed by atoms with Gasteiger partial charge >= 0.3 is 0 Å². The summed E-state index contributed by atoms with van der Waals surface area (Å²) in [5.41, 5.74) is 4.28. The molecule has 84 valence electrons. The maximum Gasteiger partial charge on any atom is 0.227 e. The molecule has 16 heavy (non-hydrogen) atoms. The van der Waals surface area contributed by atoms with E-state index in [2.05, 4.69) is 31.0 Å². The summed E-state index contributed by atoms with van der Waals surface area (Å²) in [7, 11) is 0. The number of hydrogen-bond donors (Lipinski definition) is 0. The Hall–Kier alpha value is -1.28. The van der Waals surface area contributed by atoms with Crippen LogP contribution in [-0.2, 0) is 5.88 Å². The maximum atomic E-state index is 5.78. The minimum Gasteiger partial charge on any atom is -0.440 e. The number of aromatic nitrogens is 1. The molecule has 0 aliphatic heterocycles. The van der Waals surface area contributed by atoms with Gasteiger partial charge in [0.15, 0.2) is 0 Å². The van der Waals surface area contributed by atoms with Crippen molar-refractivity contribution in [2.24, 2.45) is 0 Å². The Morgan fingerprint density at radius 3 is 2.31 bits per heavy atom. The molecule has 1 aromatic heterocycles. The molecule has 2 aromatic rings. The molecular formula is C13H14ClNO. The van der Waals surface area contributed by atoms with Crippen molar-refractivity contribution in [2.75, 3.05) is 0 Å². The third-order valence-electron chi connectivity index (χ3n) is 2.71. The van der Waals surface area contributed by atoms with Crippen LogP contribution in [0.5, 0.6) is 0 Å². The first-order chi connectivity index (χ1) is 7.63. The van der Waals surface area contributed by atoms with E-state index in [1.54, 1.807) is 0 Å². The lowest BCUT2D eigenvalue weighted by molar-refractivity contribution is 0.535. The van der Waals surface area contributed by atoms with E-state index in [0.717, 1.165) is 17.0 Å². The second kappa shape index (κ2) is 4.30. The summed E-state index contributed by atoms with van der Waals surface area (Å²) in [6, 6.07) is 6.15. The number of benzene rings is 1. The van der Waals surface area contributed by atoms with Crippen molar-refractivity contribution >= 4 is 11.6 Å². The van der Waals surface area contributed by atoms with Gasteiger partial charge in [0, 0.05) is 5.56 Å². The predicted octanol–water partition coefficient (Wildman–Crippen LogP) is 4.01. The van der Waals surface area contributed by atoms with Crippen molar-refractivity contribution < 1.29 is 4.42 Å². The van der Waals surface area contributed by atoms with Gasteiger partial charge in [-0.3, -0.25) is 0 Å². The quantitative estimate of drug-likeness (QED) is 0.736. The standard InChI is InChI=1S/C13H14ClNO/c1-8-5-4-6-9(2)12(8)13-15-10(3)11(7-14)16-13/h4-6H,7H2,1-3H3. The van der Waals surface area contributed by atoms with Crippen molar-refractivity contribution in [1.82, 2.24) is 4.98 Å². The molecule has 0 fully saturated rings. The second-order valence-electron chi connectivity index (χ2n) is 3.93. The molecular weight excluding hydrogens is 222 g/mol. The molecule has 0 N–H and O–H groups in total. The summed E-state index contributed by atoms with van der Waals surface area (Å²) in [5, 5.41) is 0. The molecule has 0 saturated carbocycles. The topological polar surface area (TPSA) is 26.0 Å². The van der Waals surface area contributed by atoms with Crippen molar-refractivity contribution in [2.45, 2.75) is 26.7 Å². The summed E-state index contributed by atoms with van der Waals surface area (Å²) < 4.78 is 5.67. The summed E-state index contributed by atoms with van der Waals surface area (Å²) >= 11 is 5.78. The minimum absolute atomic E-state index is 0.365. The third kappa shape index (κ3) is 1.85. The van der Waals surface area contributed by atoms with Crippen LogP contribution in [0.4, 0.5) is 0 Å². The van der Waals surface area contributed by atoms with Crippen LogP contribution in [0.25, 0.3) is 11.5 Å². The Labute approximate surface area is 100 Å². The number of rotatable bonds is 2. The average Bonchev–Trinajstić information content (AvgIpc) is 2.59. The number of hydrogen-bond acceptors (Lipinski definition) is 2. The number of oxazole rings is 1. The van der Waals surface area contributed by atoms with E-state index < -0.39 is 0 Å². The normalized spacial score (nSPS) is 10.8. The van der Waals surface area contributed by atoms with E-state index in [1.165, 1.54) is 11.1 Å². The Morgan fingerprint density at radius 1 is 1.19 bits per heavy atom. The van der Waals surface area contributed by atoms with Crippen LogP contribution in [0.3, 0.4) is 0 Å². The van der Waals surface area contributed by atoms with E-state index in [0.29, 0.717) is 11.8 Å². The summed E-state index contributed by atoms with van der Waals surface area (Å²) in [6.45, 7) is 6.03.